The Kier molecular flexibility index (Phi) is 8.89. The molecule has 1 unspecified atom stereocenters. The maximum Gasteiger partial charge on any atom is 0.0442 e. The molecule has 0 radical (unpaired) electrons. The van der Waals surface area contributed by atoms with Gasteiger partial charge in [-0.1, -0.05) is 120 Å². The van der Waals surface area contributed by atoms with Crippen LogP contribution in [0.25, 0.3) is 0 Å². The topological polar surface area (TPSA) is 26.0 Å². The number of unbranched alkanes of at least 4 members (excludes halogenated alkanes) is 2. The Bertz CT molecular complexity index is 487. The van der Waals surface area contributed by atoms with Crippen molar-refractivity contribution in [2.75, 3.05) is 0 Å². The van der Waals surface area contributed by atoms with Gasteiger partial charge in [0.15, 0.2) is 0 Å². The summed E-state index contributed by atoms with van der Waals surface area (Å²) in [5.41, 5.74) is 8.23. The van der Waals surface area contributed by atoms with Crippen molar-refractivity contribution in [2.45, 2.75) is 108 Å². The van der Waals surface area contributed by atoms with Crippen molar-refractivity contribution < 1.29 is 0 Å². The highest BCUT2D eigenvalue weighted by Crippen LogP contribution is 2.33. The molecule has 1 aromatic carbocycles. The first-order chi connectivity index (χ1) is 12.4. The zero-order valence-corrected chi connectivity index (χ0v) is 18.7. The average Bonchev–Trinajstić information content (AvgIpc) is 2.63. The molecule has 1 atom stereocenters. The predicted octanol–water partition coefficient (Wildman–Crippen LogP) is 7.49. The zero-order valence-electron chi connectivity index (χ0n) is 17.7. The molecule has 0 saturated heterocycles. The predicted molar refractivity (Wildman–Crippen MR) is 119 cm³/mol. The minimum atomic E-state index is -0.924. The molecule has 0 aliphatic heterocycles. The Balaban J connectivity index is 1.82. The average molecular weight is 374 g/mol. The minimum Gasteiger partial charge on any atom is -0.321 e. The highest BCUT2D eigenvalue weighted by molar-refractivity contribution is 6.76. The molecule has 148 valence electrons. The van der Waals surface area contributed by atoms with Gasteiger partial charge >= 0.3 is 0 Å². The fourth-order valence-corrected chi connectivity index (χ4v) is 5.94. The molecular weight excluding hydrogens is 330 g/mol. The van der Waals surface area contributed by atoms with Crippen LogP contribution in [0.2, 0.25) is 25.7 Å². The summed E-state index contributed by atoms with van der Waals surface area (Å²) in [4.78, 5) is 0. The fraction of sp³-hybridized carbons (Fsp3) is 0.750. The third kappa shape index (κ3) is 7.96. The molecule has 2 rings (SSSR count). The van der Waals surface area contributed by atoms with E-state index < -0.39 is 8.07 Å². The Morgan fingerprint density at radius 2 is 1.50 bits per heavy atom. The summed E-state index contributed by atoms with van der Waals surface area (Å²) in [6.07, 6.45) is 16.4. The lowest BCUT2D eigenvalue weighted by Crippen LogP contribution is -2.36. The van der Waals surface area contributed by atoms with E-state index in [1.807, 2.05) is 0 Å². The summed E-state index contributed by atoms with van der Waals surface area (Å²) in [6.45, 7) is 7.43. The summed E-state index contributed by atoms with van der Waals surface area (Å²) in [5, 5.41) is 0. The Morgan fingerprint density at radius 1 is 0.885 bits per heavy atom. The largest absolute Gasteiger partial charge is 0.321 e. The van der Waals surface area contributed by atoms with E-state index in [1.165, 1.54) is 75.8 Å². The number of hydrogen-bond donors (Lipinski definition) is 1. The van der Waals surface area contributed by atoms with Crippen molar-refractivity contribution in [3.8, 4) is 0 Å². The number of benzene rings is 1. The molecule has 0 spiro atoms. The summed E-state index contributed by atoms with van der Waals surface area (Å²) < 4.78 is 0. The first-order valence-corrected chi connectivity index (χ1v) is 14.9. The lowest BCUT2D eigenvalue weighted by Gasteiger charge is -2.31. The summed E-state index contributed by atoms with van der Waals surface area (Å²) in [5.74, 6) is 1.00. The van der Waals surface area contributed by atoms with E-state index in [4.69, 9.17) is 5.73 Å². The molecule has 1 aliphatic rings. The van der Waals surface area contributed by atoms with E-state index in [0.717, 1.165) is 18.8 Å². The summed E-state index contributed by atoms with van der Waals surface area (Å²) in [7, 11) is -0.924. The van der Waals surface area contributed by atoms with Crippen LogP contribution < -0.4 is 5.73 Å². The SMILES string of the molecule is C[Si](C)(C)CCCCC(N)(CCCCC1CCCCC1)c1ccccc1. The fourth-order valence-electron chi connectivity index (χ4n) is 4.63. The molecule has 1 fully saturated rings. The Labute approximate surface area is 164 Å². The van der Waals surface area contributed by atoms with E-state index >= 15 is 0 Å². The molecule has 0 aromatic heterocycles. The van der Waals surface area contributed by atoms with Crippen LogP contribution in [0.1, 0.15) is 82.6 Å². The second-order valence-corrected chi connectivity index (χ2v) is 15.7. The number of rotatable bonds is 11. The van der Waals surface area contributed by atoms with Gasteiger partial charge in [-0.05, 0) is 24.3 Å². The van der Waals surface area contributed by atoms with Gasteiger partial charge in [0.05, 0.1) is 0 Å². The molecule has 0 heterocycles. The molecule has 0 bridgehead atoms. The smallest absolute Gasteiger partial charge is 0.0442 e. The number of nitrogens with two attached hydrogens (primary N) is 1. The third-order valence-corrected chi connectivity index (χ3v) is 8.21. The van der Waals surface area contributed by atoms with Gasteiger partial charge in [0.25, 0.3) is 0 Å². The van der Waals surface area contributed by atoms with Gasteiger partial charge in [-0.15, -0.1) is 0 Å². The molecule has 2 N–H and O–H groups in total. The second kappa shape index (κ2) is 10.7. The monoisotopic (exact) mass is 373 g/mol. The van der Waals surface area contributed by atoms with Gasteiger partial charge in [0.2, 0.25) is 0 Å². The first kappa shape index (κ1) is 21.7. The van der Waals surface area contributed by atoms with Crippen LogP contribution in [0, 0.1) is 5.92 Å². The summed E-state index contributed by atoms with van der Waals surface area (Å²) >= 11 is 0. The second-order valence-electron chi connectivity index (χ2n) is 10.0. The highest BCUT2D eigenvalue weighted by Gasteiger charge is 2.26. The van der Waals surface area contributed by atoms with Gasteiger partial charge in [-0.2, -0.15) is 0 Å². The lowest BCUT2D eigenvalue weighted by atomic mass is 9.80. The van der Waals surface area contributed by atoms with Crippen LogP contribution in [-0.2, 0) is 5.54 Å². The molecule has 1 aromatic rings. The van der Waals surface area contributed by atoms with Crippen LogP contribution >= 0.6 is 0 Å². The van der Waals surface area contributed by atoms with Crippen molar-refractivity contribution in [2.24, 2.45) is 11.7 Å². The third-order valence-electron chi connectivity index (χ3n) is 6.36. The van der Waals surface area contributed by atoms with E-state index in [9.17, 15) is 0 Å². The Hall–Kier alpha value is -0.603. The van der Waals surface area contributed by atoms with Crippen LogP contribution in [0.3, 0.4) is 0 Å². The van der Waals surface area contributed by atoms with E-state index in [2.05, 4.69) is 50.0 Å². The number of hydrogen-bond acceptors (Lipinski definition) is 1. The van der Waals surface area contributed by atoms with Crippen molar-refractivity contribution in [1.82, 2.24) is 0 Å². The van der Waals surface area contributed by atoms with Crippen LogP contribution in [-0.4, -0.2) is 8.07 Å². The van der Waals surface area contributed by atoms with Gasteiger partial charge in [0.1, 0.15) is 0 Å². The van der Waals surface area contributed by atoms with Gasteiger partial charge in [-0.3, -0.25) is 0 Å². The molecular formula is C24H43NSi. The minimum absolute atomic E-state index is 0.118. The van der Waals surface area contributed by atoms with Crippen molar-refractivity contribution in [1.29, 1.82) is 0 Å². The molecule has 2 heteroatoms. The van der Waals surface area contributed by atoms with Gasteiger partial charge in [-0.25, -0.2) is 0 Å². The molecule has 1 saturated carbocycles. The molecule has 0 amide bonds. The van der Waals surface area contributed by atoms with Gasteiger partial charge in [0, 0.05) is 13.6 Å². The molecule has 26 heavy (non-hydrogen) atoms. The van der Waals surface area contributed by atoms with Crippen molar-refractivity contribution >= 4 is 8.07 Å². The van der Waals surface area contributed by atoms with Crippen molar-refractivity contribution in [3.63, 3.8) is 0 Å². The van der Waals surface area contributed by atoms with E-state index in [0.29, 0.717) is 0 Å². The standard InChI is InChI=1S/C24H43NSi/c1-26(2,3)21-13-12-20-24(25,23-17-8-5-9-18-23)19-11-10-16-22-14-6-4-7-15-22/h5,8-9,17-18,22H,4,6-7,10-16,19-21,25H2,1-3H3. The van der Waals surface area contributed by atoms with Gasteiger partial charge < -0.3 is 5.73 Å². The van der Waals surface area contributed by atoms with Crippen LogP contribution in [0.4, 0.5) is 0 Å². The zero-order chi connectivity index (χ0) is 18.9. The quantitative estimate of drug-likeness (QED) is 0.315. The lowest BCUT2D eigenvalue weighted by molar-refractivity contribution is 0.308. The van der Waals surface area contributed by atoms with Crippen molar-refractivity contribution in [3.05, 3.63) is 35.9 Å². The summed E-state index contributed by atoms with van der Waals surface area (Å²) in [6, 6.07) is 12.3. The highest BCUT2D eigenvalue weighted by atomic mass is 28.3. The maximum atomic E-state index is 7.00. The normalized spacial score (nSPS) is 18.6. The molecule has 1 nitrogen and oxygen atoms in total. The van der Waals surface area contributed by atoms with E-state index in [1.54, 1.807) is 0 Å². The maximum absolute atomic E-state index is 7.00. The van der Waals surface area contributed by atoms with Crippen LogP contribution in [0.5, 0.6) is 0 Å². The van der Waals surface area contributed by atoms with Crippen LogP contribution in [0.15, 0.2) is 30.3 Å². The first-order valence-electron chi connectivity index (χ1n) is 11.2. The Morgan fingerprint density at radius 3 is 2.12 bits per heavy atom. The van der Waals surface area contributed by atoms with E-state index in [-0.39, 0.29) is 5.54 Å². The molecule has 1 aliphatic carbocycles.